The molecule has 0 aliphatic heterocycles. The summed E-state index contributed by atoms with van der Waals surface area (Å²) >= 11 is 0. The number of nitrogen functional groups attached to an aromatic ring is 1. The average molecular weight is 230 g/mol. The summed E-state index contributed by atoms with van der Waals surface area (Å²) in [4.78, 5) is 8.23. The molecule has 17 heavy (non-hydrogen) atoms. The molecule has 0 atom stereocenters. The lowest BCUT2D eigenvalue weighted by atomic mass is 10.2. The van der Waals surface area contributed by atoms with Gasteiger partial charge in [0, 0.05) is 6.42 Å². The third-order valence-corrected chi connectivity index (χ3v) is 2.56. The van der Waals surface area contributed by atoms with Crippen LogP contribution in [0, 0.1) is 11.3 Å². The van der Waals surface area contributed by atoms with Crippen LogP contribution in [-0.4, -0.2) is 19.6 Å². The molecule has 2 heterocycles. The molecule has 2 aromatic heterocycles. The maximum absolute atomic E-state index is 8.94. The summed E-state index contributed by atoms with van der Waals surface area (Å²) in [6, 6.07) is 2.04. The van der Waals surface area contributed by atoms with Gasteiger partial charge in [0.1, 0.15) is 11.6 Å². The van der Waals surface area contributed by atoms with Crippen molar-refractivity contribution in [1.29, 1.82) is 5.26 Å². The van der Waals surface area contributed by atoms with Crippen molar-refractivity contribution in [3.63, 3.8) is 0 Å². The molecule has 88 valence electrons. The van der Waals surface area contributed by atoms with Crippen LogP contribution in [0.15, 0.2) is 6.20 Å². The van der Waals surface area contributed by atoms with Gasteiger partial charge in [-0.05, 0) is 6.42 Å². The zero-order valence-corrected chi connectivity index (χ0v) is 9.72. The molecule has 0 aliphatic carbocycles. The molecule has 2 N–H and O–H groups in total. The Kier molecular flexibility index (Phi) is 3.19. The van der Waals surface area contributed by atoms with Crippen LogP contribution < -0.4 is 5.73 Å². The summed E-state index contributed by atoms with van der Waals surface area (Å²) < 4.78 is 1.43. The second-order valence-electron chi connectivity index (χ2n) is 3.86. The van der Waals surface area contributed by atoms with Gasteiger partial charge >= 0.3 is 0 Å². The number of anilines is 1. The molecule has 0 saturated heterocycles. The topological polar surface area (TPSA) is 92.9 Å². The first-order valence-electron chi connectivity index (χ1n) is 5.66. The maximum Gasteiger partial charge on any atom is 0.223 e. The highest BCUT2D eigenvalue weighted by Gasteiger charge is 2.10. The van der Waals surface area contributed by atoms with Crippen molar-refractivity contribution in [2.45, 2.75) is 32.6 Å². The maximum atomic E-state index is 8.94. The highest BCUT2D eigenvalue weighted by atomic mass is 15.3. The molecule has 2 rings (SSSR count). The summed E-state index contributed by atoms with van der Waals surface area (Å²) in [6.07, 6.45) is 5.58. The Morgan fingerprint density at radius 2 is 2.29 bits per heavy atom. The van der Waals surface area contributed by atoms with Crippen molar-refractivity contribution in [3.05, 3.63) is 17.6 Å². The van der Waals surface area contributed by atoms with Crippen LogP contribution in [0.3, 0.4) is 0 Å². The normalized spacial score (nSPS) is 10.6. The third kappa shape index (κ3) is 2.18. The highest BCUT2D eigenvalue weighted by molar-refractivity contribution is 5.55. The minimum atomic E-state index is 0.258. The Bertz CT molecular complexity index is 565. The van der Waals surface area contributed by atoms with Gasteiger partial charge in [-0.25, -0.2) is 9.97 Å². The van der Waals surface area contributed by atoms with E-state index in [4.69, 9.17) is 11.0 Å². The summed E-state index contributed by atoms with van der Waals surface area (Å²) in [7, 11) is 0. The van der Waals surface area contributed by atoms with Gasteiger partial charge in [0.15, 0.2) is 11.5 Å². The van der Waals surface area contributed by atoms with E-state index < -0.39 is 0 Å². The van der Waals surface area contributed by atoms with Crippen molar-refractivity contribution in [1.82, 2.24) is 19.6 Å². The van der Waals surface area contributed by atoms with Crippen LogP contribution in [0.5, 0.6) is 0 Å². The summed E-state index contributed by atoms with van der Waals surface area (Å²) in [6.45, 7) is 2.15. The number of nitrogens with two attached hydrogens (primary N) is 1. The molecule has 0 unspecified atom stereocenters. The van der Waals surface area contributed by atoms with Crippen LogP contribution in [0.2, 0.25) is 0 Å². The van der Waals surface area contributed by atoms with Crippen molar-refractivity contribution >= 4 is 11.6 Å². The number of nitrogens with zero attached hydrogens (tertiary/aromatic N) is 5. The first-order valence-corrected chi connectivity index (χ1v) is 5.66. The summed E-state index contributed by atoms with van der Waals surface area (Å²) in [5.74, 6) is 0.975. The fourth-order valence-electron chi connectivity index (χ4n) is 1.65. The van der Waals surface area contributed by atoms with Crippen LogP contribution in [0.25, 0.3) is 5.65 Å². The van der Waals surface area contributed by atoms with E-state index in [9.17, 15) is 0 Å². The summed E-state index contributed by atoms with van der Waals surface area (Å²) in [5.41, 5.74) is 6.58. The van der Waals surface area contributed by atoms with Crippen molar-refractivity contribution in [2.24, 2.45) is 0 Å². The Hall–Kier alpha value is -2.16. The predicted molar refractivity (Wildman–Crippen MR) is 63.1 cm³/mol. The molecule has 0 amide bonds. The smallest absolute Gasteiger partial charge is 0.223 e. The minimum Gasteiger partial charge on any atom is -0.368 e. The van der Waals surface area contributed by atoms with E-state index in [-0.39, 0.29) is 5.95 Å². The van der Waals surface area contributed by atoms with Gasteiger partial charge < -0.3 is 5.73 Å². The summed E-state index contributed by atoms with van der Waals surface area (Å²) in [5, 5.41) is 13.2. The van der Waals surface area contributed by atoms with E-state index in [0.29, 0.717) is 11.2 Å². The number of hydrogen-bond acceptors (Lipinski definition) is 5. The largest absolute Gasteiger partial charge is 0.368 e. The van der Waals surface area contributed by atoms with Gasteiger partial charge in [0.05, 0.1) is 6.20 Å². The van der Waals surface area contributed by atoms with Crippen molar-refractivity contribution in [3.8, 4) is 6.07 Å². The van der Waals surface area contributed by atoms with Crippen LogP contribution >= 0.6 is 0 Å². The predicted octanol–water partition coefficient (Wildman–Crippen LogP) is 1.31. The van der Waals surface area contributed by atoms with E-state index in [1.807, 2.05) is 6.07 Å². The standard InChI is InChI=1S/C11H14N6/c1-2-3-4-5-9-15-10-8(6-12)7-14-11(13)17(10)16-9/h7H,2-5H2,1H3,(H2,13,14). The van der Waals surface area contributed by atoms with Gasteiger partial charge in [0.2, 0.25) is 5.95 Å². The molecule has 0 radical (unpaired) electrons. The van der Waals surface area contributed by atoms with E-state index >= 15 is 0 Å². The lowest BCUT2D eigenvalue weighted by Crippen LogP contribution is -2.03. The van der Waals surface area contributed by atoms with Gasteiger partial charge in [-0.1, -0.05) is 19.8 Å². The van der Waals surface area contributed by atoms with Crippen LogP contribution in [0.4, 0.5) is 5.95 Å². The molecular weight excluding hydrogens is 216 g/mol. The van der Waals surface area contributed by atoms with Gasteiger partial charge in [0.25, 0.3) is 0 Å². The fourth-order valence-corrected chi connectivity index (χ4v) is 1.65. The highest BCUT2D eigenvalue weighted by Crippen LogP contribution is 2.11. The van der Waals surface area contributed by atoms with E-state index in [1.165, 1.54) is 10.7 Å². The zero-order valence-electron chi connectivity index (χ0n) is 9.72. The minimum absolute atomic E-state index is 0.258. The van der Waals surface area contributed by atoms with Gasteiger partial charge in [-0.3, -0.25) is 0 Å². The number of hydrogen-bond donors (Lipinski definition) is 1. The number of fused-ring (bicyclic) bond motifs is 1. The number of nitriles is 1. The SMILES string of the molecule is CCCCCc1nc2c(C#N)cnc(N)n2n1. The molecule has 0 fully saturated rings. The Morgan fingerprint density at radius 3 is 3.00 bits per heavy atom. The van der Waals surface area contributed by atoms with Gasteiger partial charge in [-0.2, -0.15) is 9.78 Å². The van der Waals surface area contributed by atoms with Crippen molar-refractivity contribution < 1.29 is 0 Å². The van der Waals surface area contributed by atoms with Crippen LogP contribution in [0.1, 0.15) is 37.6 Å². The first kappa shape index (κ1) is 11.3. The number of aryl methyl sites for hydroxylation is 1. The molecule has 0 aliphatic rings. The average Bonchev–Trinajstić information content (AvgIpc) is 2.75. The molecular formula is C11H14N6. The molecule has 0 saturated carbocycles. The molecule has 6 heteroatoms. The number of rotatable bonds is 4. The molecule has 0 aromatic carbocycles. The van der Waals surface area contributed by atoms with Crippen molar-refractivity contribution in [2.75, 3.05) is 5.73 Å². The second-order valence-corrected chi connectivity index (χ2v) is 3.86. The zero-order chi connectivity index (χ0) is 12.3. The van der Waals surface area contributed by atoms with E-state index in [2.05, 4.69) is 22.0 Å². The molecule has 2 aromatic rings. The monoisotopic (exact) mass is 230 g/mol. The molecule has 0 bridgehead atoms. The Balaban J connectivity index is 2.36. The quantitative estimate of drug-likeness (QED) is 0.799. The fraction of sp³-hybridized carbons (Fsp3) is 0.455. The lowest BCUT2D eigenvalue weighted by molar-refractivity contribution is 0.692. The van der Waals surface area contributed by atoms with E-state index in [1.54, 1.807) is 0 Å². The molecule has 6 nitrogen and oxygen atoms in total. The first-order chi connectivity index (χ1) is 8.26. The third-order valence-electron chi connectivity index (χ3n) is 2.56. The Morgan fingerprint density at radius 1 is 1.47 bits per heavy atom. The molecule has 0 spiro atoms. The number of unbranched alkanes of at least 4 members (excludes halogenated alkanes) is 2. The van der Waals surface area contributed by atoms with E-state index in [0.717, 1.165) is 31.5 Å². The lowest BCUT2D eigenvalue weighted by Gasteiger charge is -1.95. The number of aromatic nitrogens is 4. The Labute approximate surface area is 99.1 Å². The van der Waals surface area contributed by atoms with Gasteiger partial charge in [-0.15, -0.1) is 5.10 Å². The second kappa shape index (κ2) is 4.78. The van der Waals surface area contributed by atoms with Crippen LogP contribution in [-0.2, 0) is 6.42 Å².